The number of carbonyl (C=O) groups excluding carboxylic acids is 2. The maximum atomic E-state index is 13.0. The first kappa shape index (κ1) is 22.3. The molecule has 0 unspecified atom stereocenters. The number of rotatable bonds is 6. The van der Waals surface area contributed by atoms with E-state index in [1.54, 1.807) is 24.3 Å². The molecule has 7 heteroatoms. The van der Waals surface area contributed by atoms with Gasteiger partial charge in [-0.25, -0.2) is 0 Å². The summed E-state index contributed by atoms with van der Waals surface area (Å²) in [6, 6.07) is 18.8. The van der Waals surface area contributed by atoms with Crippen molar-refractivity contribution in [2.24, 2.45) is 0 Å². The molecule has 1 aliphatic heterocycles. The Bertz CT molecular complexity index is 1090. The van der Waals surface area contributed by atoms with Crippen molar-refractivity contribution in [3.63, 3.8) is 0 Å². The largest absolute Gasteiger partial charge is 0.336 e. The van der Waals surface area contributed by atoms with Gasteiger partial charge in [-0.05, 0) is 35.2 Å². The average Bonchev–Trinajstić information content (AvgIpc) is 3.36. The second-order valence-corrected chi connectivity index (χ2v) is 8.89. The quantitative estimate of drug-likeness (QED) is 0.549. The van der Waals surface area contributed by atoms with Crippen molar-refractivity contribution in [3.8, 4) is 0 Å². The highest BCUT2D eigenvalue weighted by Crippen LogP contribution is 2.25. The van der Waals surface area contributed by atoms with Gasteiger partial charge in [0.1, 0.15) is 0 Å². The summed E-state index contributed by atoms with van der Waals surface area (Å²) >= 11 is 7.61. The minimum Gasteiger partial charge on any atom is -0.336 e. The lowest BCUT2D eigenvalue weighted by molar-refractivity contribution is 0.0650. The van der Waals surface area contributed by atoms with Crippen LogP contribution in [0.5, 0.6) is 0 Å². The number of piperazine rings is 1. The molecule has 0 bridgehead atoms. The molecule has 0 atom stereocenters. The average molecular weight is 466 g/mol. The lowest BCUT2D eigenvalue weighted by Gasteiger charge is -2.34. The molecule has 0 radical (unpaired) electrons. The van der Waals surface area contributed by atoms with Crippen molar-refractivity contribution >= 4 is 46.5 Å². The van der Waals surface area contributed by atoms with E-state index in [9.17, 15) is 9.59 Å². The Morgan fingerprint density at radius 3 is 2.50 bits per heavy atom. The molecule has 2 amide bonds. The number of carbonyl (C=O) groups is 2. The van der Waals surface area contributed by atoms with Gasteiger partial charge in [0.05, 0.1) is 15.6 Å². The highest BCUT2D eigenvalue weighted by Gasteiger charge is 2.22. The molecule has 0 spiro atoms. The first-order chi connectivity index (χ1) is 15.6. The summed E-state index contributed by atoms with van der Waals surface area (Å²) in [7, 11) is 0. The number of nitrogens with zero attached hydrogens (tertiary/aromatic N) is 2. The van der Waals surface area contributed by atoms with Crippen LogP contribution >= 0.6 is 22.9 Å². The first-order valence-electron chi connectivity index (χ1n) is 10.5. The van der Waals surface area contributed by atoms with E-state index in [-0.39, 0.29) is 11.8 Å². The number of amides is 2. The van der Waals surface area contributed by atoms with Gasteiger partial charge >= 0.3 is 0 Å². The van der Waals surface area contributed by atoms with E-state index in [0.717, 1.165) is 19.6 Å². The van der Waals surface area contributed by atoms with Crippen LogP contribution in [0.25, 0.3) is 6.08 Å². The normalized spacial score (nSPS) is 14.6. The second kappa shape index (κ2) is 10.6. The predicted octanol–water partition coefficient (Wildman–Crippen LogP) is 5.13. The fourth-order valence-electron chi connectivity index (χ4n) is 3.56. The SMILES string of the molecule is O=C(Nc1cc(C(=O)N2CCN(C/C=C/c3ccccc3)CC2)ccc1Cl)c1cccs1. The molecule has 1 aromatic heterocycles. The van der Waals surface area contributed by atoms with Gasteiger partial charge in [0.25, 0.3) is 11.8 Å². The standard InChI is InChI=1S/C25H24ClN3O2S/c26-21-11-10-20(18-22(21)27-24(30)23-9-5-17-32-23)25(31)29-15-13-28(14-16-29)12-4-8-19-6-2-1-3-7-19/h1-11,17-18H,12-16H2,(H,27,30)/b8-4+. The Kier molecular flexibility index (Phi) is 7.37. The summed E-state index contributed by atoms with van der Waals surface area (Å²) in [5.41, 5.74) is 2.15. The number of thiophene rings is 1. The topological polar surface area (TPSA) is 52.7 Å². The molecule has 4 rings (SSSR count). The Labute approximate surface area is 196 Å². The molecule has 32 heavy (non-hydrogen) atoms. The van der Waals surface area contributed by atoms with E-state index in [1.165, 1.54) is 16.9 Å². The molecule has 1 N–H and O–H groups in total. The molecule has 0 saturated carbocycles. The van der Waals surface area contributed by atoms with Crippen LogP contribution in [0, 0.1) is 0 Å². The van der Waals surface area contributed by atoms with Crippen molar-refractivity contribution in [2.45, 2.75) is 0 Å². The van der Waals surface area contributed by atoms with Crippen molar-refractivity contribution in [1.29, 1.82) is 0 Å². The van der Waals surface area contributed by atoms with E-state index in [2.05, 4.69) is 34.5 Å². The van der Waals surface area contributed by atoms with E-state index < -0.39 is 0 Å². The number of anilines is 1. The van der Waals surface area contributed by atoms with Gasteiger partial charge in [-0.15, -0.1) is 11.3 Å². The summed E-state index contributed by atoms with van der Waals surface area (Å²) < 4.78 is 0. The van der Waals surface area contributed by atoms with Crippen LogP contribution in [0.4, 0.5) is 5.69 Å². The molecule has 1 fully saturated rings. The zero-order valence-corrected chi connectivity index (χ0v) is 19.1. The van der Waals surface area contributed by atoms with Crippen LogP contribution in [0.15, 0.2) is 72.1 Å². The van der Waals surface area contributed by atoms with E-state index in [0.29, 0.717) is 34.2 Å². The third-order valence-electron chi connectivity index (χ3n) is 5.34. The van der Waals surface area contributed by atoms with Crippen LogP contribution in [0.2, 0.25) is 5.02 Å². The maximum Gasteiger partial charge on any atom is 0.265 e. The lowest BCUT2D eigenvalue weighted by Crippen LogP contribution is -2.48. The van der Waals surface area contributed by atoms with E-state index in [4.69, 9.17) is 11.6 Å². The summed E-state index contributed by atoms with van der Waals surface area (Å²) in [5.74, 6) is -0.281. The first-order valence-corrected chi connectivity index (χ1v) is 11.7. The van der Waals surface area contributed by atoms with Crippen molar-refractivity contribution in [1.82, 2.24) is 9.80 Å². The van der Waals surface area contributed by atoms with Gasteiger partial charge < -0.3 is 10.2 Å². The lowest BCUT2D eigenvalue weighted by atomic mass is 10.1. The monoisotopic (exact) mass is 465 g/mol. The Hall–Kier alpha value is -2.93. The van der Waals surface area contributed by atoms with Gasteiger partial charge in [-0.3, -0.25) is 14.5 Å². The van der Waals surface area contributed by atoms with Crippen molar-refractivity contribution in [2.75, 3.05) is 38.0 Å². The number of nitrogens with one attached hydrogen (secondary N) is 1. The smallest absolute Gasteiger partial charge is 0.265 e. The highest BCUT2D eigenvalue weighted by atomic mass is 35.5. The molecule has 2 heterocycles. The third-order valence-corrected chi connectivity index (χ3v) is 6.54. The molecule has 0 aliphatic carbocycles. The van der Waals surface area contributed by atoms with Crippen molar-refractivity contribution < 1.29 is 9.59 Å². The molecule has 1 aliphatic rings. The van der Waals surface area contributed by atoms with Crippen LogP contribution in [0.3, 0.4) is 0 Å². The van der Waals surface area contributed by atoms with Crippen LogP contribution < -0.4 is 5.32 Å². The second-order valence-electron chi connectivity index (χ2n) is 7.53. The number of hydrogen-bond acceptors (Lipinski definition) is 4. The van der Waals surface area contributed by atoms with Gasteiger partial charge in [0, 0.05) is 38.3 Å². The summed E-state index contributed by atoms with van der Waals surface area (Å²) in [6.45, 7) is 3.83. The molecule has 164 valence electrons. The minimum absolute atomic E-state index is 0.0484. The fourth-order valence-corrected chi connectivity index (χ4v) is 4.35. The molecule has 5 nitrogen and oxygen atoms in total. The third kappa shape index (κ3) is 5.65. The molecular formula is C25H24ClN3O2S. The Morgan fingerprint density at radius 1 is 1.00 bits per heavy atom. The van der Waals surface area contributed by atoms with Gasteiger partial charge in [-0.1, -0.05) is 60.2 Å². The fraction of sp³-hybridized carbons (Fsp3) is 0.200. The van der Waals surface area contributed by atoms with E-state index in [1.807, 2.05) is 34.5 Å². The summed E-state index contributed by atoms with van der Waals surface area (Å²) in [4.78, 5) is 30.2. The van der Waals surface area contributed by atoms with Crippen LogP contribution in [-0.4, -0.2) is 54.3 Å². The molecule has 3 aromatic rings. The van der Waals surface area contributed by atoms with Gasteiger partial charge in [0.2, 0.25) is 0 Å². The maximum absolute atomic E-state index is 13.0. The van der Waals surface area contributed by atoms with Gasteiger partial charge in [-0.2, -0.15) is 0 Å². The van der Waals surface area contributed by atoms with Crippen LogP contribution in [0.1, 0.15) is 25.6 Å². The molecule has 1 saturated heterocycles. The Balaban J connectivity index is 1.33. The van der Waals surface area contributed by atoms with Crippen LogP contribution in [-0.2, 0) is 0 Å². The summed E-state index contributed by atoms with van der Waals surface area (Å²) in [5, 5.41) is 5.05. The molecular weight excluding hydrogens is 442 g/mol. The predicted molar refractivity (Wildman–Crippen MR) is 132 cm³/mol. The van der Waals surface area contributed by atoms with E-state index >= 15 is 0 Å². The zero-order valence-electron chi connectivity index (χ0n) is 17.5. The Morgan fingerprint density at radius 2 is 1.78 bits per heavy atom. The van der Waals surface area contributed by atoms with Gasteiger partial charge in [0.15, 0.2) is 0 Å². The molecule has 2 aromatic carbocycles. The summed E-state index contributed by atoms with van der Waals surface area (Å²) in [6.07, 6.45) is 4.28. The van der Waals surface area contributed by atoms with Crippen molar-refractivity contribution in [3.05, 3.63) is 93.1 Å². The highest BCUT2D eigenvalue weighted by molar-refractivity contribution is 7.12. The number of benzene rings is 2. The number of hydrogen-bond donors (Lipinski definition) is 1. The number of halogens is 1. The minimum atomic E-state index is -0.233. The zero-order chi connectivity index (χ0) is 22.3.